The smallest absolute Gasteiger partial charge is 0.335 e. The van der Waals surface area contributed by atoms with Crippen molar-refractivity contribution in [2.45, 2.75) is 26.3 Å². The standard InChI is InChI=1S/C14H16N4O2/c1-2-3-11-7-13(18-9-17-11)16-8-12-6-10(14(19)20)4-5-15-12/h4-7,9H,2-3,8H2,1H3,(H,19,20)(H,16,17,18). The van der Waals surface area contributed by atoms with E-state index in [1.165, 1.54) is 18.6 Å². The van der Waals surface area contributed by atoms with E-state index in [0.717, 1.165) is 18.5 Å². The van der Waals surface area contributed by atoms with E-state index >= 15 is 0 Å². The van der Waals surface area contributed by atoms with Gasteiger partial charge in [0.15, 0.2) is 0 Å². The molecule has 0 unspecified atom stereocenters. The van der Waals surface area contributed by atoms with Crippen molar-refractivity contribution in [3.63, 3.8) is 0 Å². The van der Waals surface area contributed by atoms with Crippen LogP contribution in [0.25, 0.3) is 0 Å². The number of nitrogens with one attached hydrogen (secondary N) is 1. The molecule has 0 spiro atoms. The molecule has 2 rings (SSSR count). The highest BCUT2D eigenvalue weighted by molar-refractivity contribution is 5.87. The fraction of sp³-hybridized carbons (Fsp3) is 0.286. The molecular weight excluding hydrogens is 256 g/mol. The second-order valence-corrected chi connectivity index (χ2v) is 4.34. The third-order valence-electron chi connectivity index (χ3n) is 2.74. The van der Waals surface area contributed by atoms with E-state index in [0.29, 0.717) is 18.1 Å². The summed E-state index contributed by atoms with van der Waals surface area (Å²) in [5.41, 5.74) is 1.86. The SMILES string of the molecule is CCCc1cc(NCc2cc(C(=O)O)ccn2)ncn1. The number of hydrogen-bond donors (Lipinski definition) is 2. The number of pyridine rings is 1. The number of aryl methyl sites for hydroxylation is 1. The highest BCUT2D eigenvalue weighted by Crippen LogP contribution is 2.08. The first kappa shape index (κ1) is 13.9. The molecule has 0 bridgehead atoms. The minimum absolute atomic E-state index is 0.228. The third-order valence-corrected chi connectivity index (χ3v) is 2.74. The van der Waals surface area contributed by atoms with E-state index in [4.69, 9.17) is 5.11 Å². The lowest BCUT2D eigenvalue weighted by Crippen LogP contribution is -2.06. The summed E-state index contributed by atoms with van der Waals surface area (Å²) in [4.78, 5) is 23.3. The van der Waals surface area contributed by atoms with Crippen LogP contribution < -0.4 is 5.32 Å². The number of hydrogen-bond acceptors (Lipinski definition) is 5. The molecule has 2 N–H and O–H groups in total. The summed E-state index contributed by atoms with van der Waals surface area (Å²) in [5.74, 6) is -0.244. The van der Waals surface area contributed by atoms with E-state index in [2.05, 4.69) is 27.2 Å². The van der Waals surface area contributed by atoms with Crippen molar-refractivity contribution in [3.8, 4) is 0 Å². The average molecular weight is 272 g/mol. The van der Waals surface area contributed by atoms with Crippen molar-refractivity contribution in [3.05, 3.63) is 47.7 Å². The fourth-order valence-corrected chi connectivity index (χ4v) is 1.78. The third kappa shape index (κ3) is 3.74. The molecule has 6 heteroatoms. The summed E-state index contributed by atoms with van der Waals surface area (Å²) in [6.07, 6.45) is 4.94. The van der Waals surface area contributed by atoms with Gasteiger partial charge in [0.2, 0.25) is 0 Å². The molecule has 0 aromatic carbocycles. The van der Waals surface area contributed by atoms with Gasteiger partial charge in [0.1, 0.15) is 12.1 Å². The Morgan fingerprint density at radius 1 is 1.25 bits per heavy atom. The van der Waals surface area contributed by atoms with Crippen molar-refractivity contribution in [1.82, 2.24) is 15.0 Å². The largest absolute Gasteiger partial charge is 0.478 e. The predicted molar refractivity (Wildman–Crippen MR) is 74.6 cm³/mol. The van der Waals surface area contributed by atoms with Gasteiger partial charge in [0, 0.05) is 18.0 Å². The Hall–Kier alpha value is -2.50. The molecule has 6 nitrogen and oxygen atoms in total. The van der Waals surface area contributed by atoms with Crippen molar-refractivity contribution in [2.24, 2.45) is 0 Å². The molecule has 0 radical (unpaired) electrons. The Balaban J connectivity index is 2.03. The first-order valence-corrected chi connectivity index (χ1v) is 6.42. The van der Waals surface area contributed by atoms with Gasteiger partial charge in [-0.05, 0) is 18.6 Å². The summed E-state index contributed by atoms with van der Waals surface area (Å²) >= 11 is 0. The number of carboxylic acid groups (broad SMARTS) is 1. The summed E-state index contributed by atoms with van der Waals surface area (Å²) in [6.45, 7) is 2.51. The van der Waals surface area contributed by atoms with Gasteiger partial charge in [-0.3, -0.25) is 4.98 Å². The molecule has 2 aromatic heterocycles. The lowest BCUT2D eigenvalue weighted by atomic mass is 10.2. The first-order chi connectivity index (χ1) is 9.69. The Morgan fingerprint density at radius 2 is 2.10 bits per heavy atom. The predicted octanol–water partition coefficient (Wildman–Crippen LogP) is 2.13. The molecule has 0 amide bonds. The maximum Gasteiger partial charge on any atom is 0.335 e. The molecule has 0 aliphatic rings. The molecule has 0 atom stereocenters. The van der Waals surface area contributed by atoms with Crippen LogP contribution in [-0.2, 0) is 13.0 Å². The number of aromatic nitrogens is 3. The van der Waals surface area contributed by atoms with Gasteiger partial charge in [0.05, 0.1) is 17.8 Å². The maximum atomic E-state index is 10.9. The molecule has 104 valence electrons. The molecule has 20 heavy (non-hydrogen) atoms. The van der Waals surface area contributed by atoms with Crippen LogP contribution in [0.4, 0.5) is 5.82 Å². The van der Waals surface area contributed by atoms with Crippen LogP contribution in [0.2, 0.25) is 0 Å². The minimum atomic E-state index is -0.957. The van der Waals surface area contributed by atoms with Gasteiger partial charge < -0.3 is 10.4 Å². The van der Waals surface area contributed by atoms with Crippen LogP contribution in [-0.4, -0.2) is 26.0 Å². The monoisotopic (exact) mass is 272 g/mol. The van der Waals surface area contributed by atoms with Gasteiger partial charge in [-0.15, -0.1) is 0 Å². The zero-order valence-corrected chi connectivity index (χ0v) is 11.2. The van der Waals surface area contributed by atoms with Crippen LogP contribution in [0.5, 0.6) is 0 Å². The maximum absolute atomic E-state index is 10.9. The number of nitrogens with zero attached hydrogens (tertiary/aromatic N) is 3. The fourth-order valence-electron chi connectivity index (χ4n) is 1.78. The summed E-state index contributed by atoms with van der Waals surface area (Å²) in [7, 11) is 0. The molecule has 2 heterocycles. The van der Waals surface area contributed by atoms with Crippen molar-refractivity contribution >= 4 is 11.8 Å². The lowest BCUT2D eigenvalue weighted by molar-refractivity contribution is 0.0696. The number of carbonyl (C=O) groups is 1. The molecule has 0 aliphatic carbocycles. The van der Waals surface area contributed by atoms with Crippen LogP contribution in [0.3, 0.4) is 0 Å². The van der Waals surface area contributed by atoms with Crippen LogP contribution in [0.1, 0.15) is 35.1 Å². The molecule has 0 fully saturated rings. The van der Waals surface area contributed by atoms with Crippen LogP contribution >= 0.6 is 0 Å². The van der Waals surface area contributed by atoms with E-state index in [9.17, 15) is 4.79 Å². The Morgan fingerprint density at radius 3 is 2.85 bits per heavy atom. The van der Waals surface area contributed by atoms with Crippen molar-refractivity contribution < 1.29 is 9.90 Å². The van der Waals surface area contributed by atoms with Crippen molar-refractivity contribution in [1.29, 1.82) is 0 Å². The Labute approximate surface area is 116 Å². The number of carboxylic acids is 1. The Bertz CT molecular complexity index is 601. The molecular formula is C14H16N4O2. The normalized spacial score (nSPS) is 10.2. The molecule has 0 saturated heterocycles. The zero-order valence-electron chi connectivity index (χ0n) is 11.2. The summed E-state index contributed by atoms with van der Waals surface area (Å²) < 4.78 is 0. The van der Waals surface area contributed by atoms with Gasteiger partial charge in [-0.25, -0.2) is 14.8 Å². The Kier molecular flexibility index (Phi) is 4.60. The second-order valence-electron chi connectivity index (χ2n) is 4.34. The van der Waals surface area contributed by atoms with Gasteiger partial charge in [0.25, 0.3) is 0 Å². The summed E-state index contributed by atoms with van der Waals surface area (Å²) in [6, 6.07) is 4.91. The highest BCUT2D eigenvalue weighted by atomic mass is 16.4. The zero-order chi connectivity index (χ0) is 14.4. The van der Waals surface area contributed by atoms with Crippen LogP contribution in [0, 0.1) is 0 Å². The number of anilines is 1. The summed E-state index contributed by atoms with van der Waals surface area (Å²) in [5, 5.41) is 12.0. The minimum Gasteiger partial charge on any atom is -0.478 e. The molecule has 0 saturated carbocycles. The first-order valence-electron chi connectivity index (χ1n) is 6.42. The highest BCUT2D eigenvalue weighted by Gasteiger charge is 2.04. The number of rotatable bonds is 6. The molecule has 0 aliphatic heterocycles. The van der Waals surface area contributed by atoms with Gasteiger partial charge in [-0.1, -0.05) is 13.3 Å². The number of aromatic carboxylic acids is 1. The molecule has 2 aromatic rings. The second kappa shape index (κ2) is 6.60. The van der Waals surface area contributed by atoms with Crippen LogP contribution in [0.15, 0.2) is 30.7 Å². The van der Waals surface area contributed by atoms with E-state index in [-0.39, 0.29) is 5.56 Å². The quantitative estimate of drug-likeness (QED) is 0.837. The lowest BCUT2D eigenvalue weighted by Gasteiger charge is -2.06. The van der Waals surface area contributed by atoms with Gasteiger partial charge in [-0.2, -0.15) is 0 Å². The van der Waals surface area contributed by atoms with E-state index in [1.807, 2.05) is 6.07 Å². The average Bonchev–Trinajstić information content (AvgIpc) is 2.46. The van der Waals surface area contributed by atoms with Gasteiger partial charge >= 0.3 is 5.97 Å². The van der Waals surface area contributed by atoms with E-state index in [1.54, 1.807) is 6.07 Å². The topological polar surface area (TPSA) is 88.0 Å². The van der Waals surface area contributed by atoms with Crippen molar-refractivity contribution in [2.75, 3.05) is 5.32 Å². The van der Waals surface area contributed by atoms with E-state index < -0.39 is 5.97 Å².